The zero-order chi connectivity index (χ0) is 14.8. The van der Waals surface area contributed by atoms with Crippen LogP contribution in [0.2, 0.25) is 0 Å². The van der Waals surface area contributed by atoms with Crippen LogP contribution in [-0.2, 0) is 0 Å². The summed E-state index contributed by atoms with van der Waals surface area (Å²) >= 11 is 0. The predicted octanol–water partition coefficient (Wildman–Crippen LogP) is 3.08. The monoisotopic (exact) mass is 410 g/mol. The van der Waals surface area contributed by atoms with E-state index < -0.39 is 0 Å². The van der Waals surface area contributed by atoms with E-state index in [0.29, 0.717) is 6.04 Å². The fourth-order valence-corrected chi connectivity index (χ4v) is 2.82. The van der Waals surface area contributed by atoms with E-state index in [1.807, 2.05) is 7.05 Å². The first-order chi connectivity index (χ1) is 9.73. The minimum Gasteiger partial charge on any atom is -0.356 e. The first-order valence-corrected chi connectivity index (χ1v) is 8.42. The van der Waals surface area contributed by atoms with Gasteiger partial charge in [0.15, 0.2) is 5.96 Å². The minimum atomic E-state index is 0. The van der Waals surface area contributed by atoms with Gasteiger partial charge in [-0.25, -0.2) is 0 Å². The van der Waals surface area contributed by atoms with Crippen molar-refractivity contribution in [1.29, 1.82) is 0 Å². The Balaban J connectivity index is 0.00000400. The quantitative estimate of drug-likeness (QED) is 0.385. The first kappa shape index (κ1) is 21.0. The van der Waals surface area contributed by atoms with E-state index in [-0.39, 0.29) is 24.0 Å². The molecule has 0 unspecified atom stereocenters. The maximum Gasteiger partial charge on any atom is 0.191 e. The molecule has 0 aromatic carbocycles. The summed E-state index contributed by atoms with van der Waals surface area (Å²) in [6.45, 7) is 11.5. The number of rotatable bonds is 7. The number of hydrogen-bond acceptors (Lipinski definition) is 2. The molecule has 2 N–H and O–H groups in total. The van der Waals surface area contributed by atoms with Gasteiger partial charge in [-0.1, -0.05) is 33.6 Å². The summed E-state index contributed by atoms with van der Waals surface area (Å²) in [7, 11) is 1.87. The number of likely N-dealkylation sites (tertiary alicyclic amines) is 1. The average Bonchev–Trinajstić information content (AvgIpc) is 2.49. The second-order valence-corrected chi connectivity index (χ2v) is 5.90. The molecule has 0 aromatic heterocycles. The molecular formula is C16H35IN4. The van der Waals surface area contributed by atoms with Crippen LogP contribution < -0.4 is 10.6 Å². The normalized spacial score (nSPS) is 17.7. The van der Waals surface area contributed by atoms with Gasteiger partial charge in [0.05, 0.1) is 0 Å². The van der Waals surface area contributed by atoms with Crippen LogP contribution in [0.25, 0.3) is 0 Å². The molecule has 1 rings (SSSR count). The zero-order valence-electron chi connectivity index (χ0n) is 14.3. The molecule has 21 heavy (non-hydrogen) atoms. The molecule has 4 nitrogen and oxygen atoms in total. The molecule has 0 aromatic rings. The highest BCUT2D eigenvalue weighted by molar-refractivity contribution is 14.0. The minimum absolute atomic E-state index is 0. The molecule has 0 bridgehead atoms. The zero-order valence-corrected chi connectivity index (χ0v) is 16.7. The molecule has 0 spiro atoms. The van der Waals surface area contributed by atoms with Crippen LogP contribution in [0, 0.1) is 5.92 Å². The summed E-state index contributed by atoms with van der Waals surface area (Å²) in [6.07, 6.45) is 6.18. The van der Waals surface area contributed by atoms with Gasteiger partial charge < -0.3 is 15.5 Å². The van der Waals surface area contributed by atoms with E-state index >= 15 is 0 Å². The van der Waals surface area contributed by atoms with Crippen molar-refractivity contribution < 1.29 is 0 Å². The fraction of sp³-hybridized carbons (Fsp3) is 0.938. The van der Waals surface area contributed by atoms with Crippen molar-refractivity contribution >= 4 is 29.9 Å². The first-order valence-electron chi connectivity index (χ1n) is 8.42. The highest BCUT2D eigenvalue weighted by Gasteiger charge is 2.19. The molecular weight excluding hydrogens is 375 g/mol. The van der Waals surface area contributed by atoms with Gasteiger partial charge in [0.25, 0.3) is 0 Å². The standard InChI is InChI=1S/C16H34N4.HI/c1-5-10-20-11-8-15(9-12-20)19-16(17-4)18-13-14(6-2)7-3;/h14-15H,5-13H2,1-4H3,(H2,17,18,19);1H. The van der Waals surface area contributed by atoms with Crippen molar-refractivity contribution in [3.8, 4) is 0 Å². The Bertz CT molecular complexity index is 271. The van der Waals surface area contributed by atoms with Gasteiger partial charge in [0, 0.05) is 32.7 Å². The number of nitrogens with one attached hydrogen (secondary N) is 2. The Morgan fingerprint density at radius 1 is 1.19 bits per heavy atom. The highest BCUT2D eigenvalue weighted by atomic mass is 127. The highest BCUT2D eigenvalue weighted by Crippen LogP contribution is 2.10. The van der Waals surface area contributed by atoms with Crippen LogP contribution in [0.5, 0.6) is 0 Å². The van der Waals surface area contributed by atoms with Crippen molar-refractivity contribution in [2.24, 2.45) is 10.9 Å². The Kier molecular flexibility index (Phi) is 12.5. The van der Waals surface area contributed by atoms with E-state index in [9.17, 15) is 0 Å². The second kappa shape index (κ2) is 12.5. The molecule has 5 heteroatoms. The summed E-state index contributed by atoms with van der Waals surface area (Å²) in [5.41, 5.74) is 0. The van der Waals surface area contributed by atoms with Crippen LogP contribution in [0.1, 0.15) is 52.9 Å². The van der Waals surface area contributed by atoms with E-state index in [2.05, 4.69) is 41.3 Å². The molecule has 1 aliphatic heterocycles. The summed E-state index contributed by atoms with van der Waals surface area (Å²) in [5.74, 6) is 1.73. The molecule has 0 radical (unpaired) electrons. The molecule has 1 aliphatic rings. The number of nitrogens with zero attached hydrogens (tertiary/aromatic N) is 2. The molecule has 1 heterocycles. The topological polar surface area (TPSA) is 39.7 Å². The van der Waals surface area contributed by atoms with Gasteiger partial charge in [-0.05, 0) is 31.7 Å². The van der Waals surface area contributed by atoms with Crippen LogP contribution in [0.4, 0.5) is 0 Å². The third-order valence-corrected chi connectivity index (χ3v) is 4.40. The molecule has 0 saturated carbocycles. The molecule has 1 saturated heterocycles. The molecule has 1 fully saturated rings. The SMILES string of the molecule is CCCN1CCC(NC(=NC)NCC(CC)CC)CC1.I. The van der Waals surface area contributed by atoms with E-state index in [0.717, 1.165) is 18.4 Å². The molecule has 0 atom stereocenters. The van der Waals surface area contributed by atoms with Gasteiger partial charge in [-0.3, -0.25) is 4.99 Å². The number of aliphatic imine (C=N–C) groups is 1. The summed E-state index contributed by atoms with van der Waals surface area (Å²) < 4.78 is 0. The van der Waals surface area contributed by atoms with Crippen LogP contribution >= 0.6 is 24.0 Å². The number of halogens is 1. The molecule has 0 aliphatic carbocycles. The summed E-state index contributed by atoms with van der Waals surface area (Å²) in [4.78, 5) is 6.93. The van der Waals surface area contributed by atoms with Gasteiger partial charge in [-0.15, -0.1) is 24.0 Å². The van der Waals surface area contributed by atoms with Gasteiger partial charge in [0.1, 0.15) is 0 Å². The largest absolute Gasteiger partial charge is 0.356 e. The maximum absolute atomic E-state index is 4.36. The van der Waals surface area contributed by atoms with Gasteiger partial charge in [-0.2, -0.15) is 0 Å². The van der Waals surface area contributed by atoms with Crippen LogP contribution in [-0.4, -0.2) is 50.1 Å². The maximum atomic E-state index is 4.36. The van der Waals surface area contributed by atoms with Crippen molar-refractivity contribution in [1.82, 2.24) is 15.5 Å². The lowest BCUT2D eigenvalue weighted by molar-refractivity contribution is 0.206. The third-order valence-electron chi connectivity index (χ3n) is 4.40. The fourth-order valence-electron chi connectivity index (χ4n) is 2.82. The summed E-state index contributed by atoms with van der Waals surface area (Å²) in [6, 6.07) is 0.580. The van der Waals surface area contributed by atoms with Gasteiger partial charge >= 0.3 is 0 Å². The second-order valence-electron chi connectivity index (χ2n) is 5.90. The Hall–Kier alpha value is -0.0400. The van der Waals surface area contributed by atoms with Crippen molar-refractivity contribution in [2.45, 2.75) is 58.9 Å². The smallest absolute Gasteiger partial charge is 0.191 e. The molecule has 126 valence electrons. The predicted molar refractivity (Wildman–Crippen MR) is 104 cm³/mol. The van der Waals surface area contributed by atoms with Crippen molar-refractivity contribution in [3.63, 3.8) is 0 Å². The Labute approximate surface area is 148 Å². The lowest BCUT2D eigenvalue weighted by Crippen LogP contribution is -2.49. The van der Waals surface area contributed by atoms with Crippen molar-refractivity contribution in [2.75, 3.05) is 33.2 Å². The number of piperidine rings is 1. The average molecular weight is 410 g/mol. The molecule has 0 amide bonds. The number of hydrogen-bond donors (Lipinski definition) is 2. The van der Waals surface area contributed by atoms with Crippen LogP contribution in [0.15, 0.2) is 4.99 Å². The summed E-state index contributed by atoms with van der Waals surface area (Å²) in [5, 5.41) is 7.06. The Morgan fingerprint density at radius 3 is 2.29 bits per heavy atom. The van der Waals surface area contributed by atoms with E-state index in [4.69, 9.17) is 0 Å². The third kappa shape index (κ3) is 8.24. The number of guanidine groups is 1. The lowest BCUT2D eigenvalue weighted by atomic mass is 10.0. The van der Waals surface area contributed by atoms with Crippen molar-refractivity contribution in [3.05, 3.63) is 0 Å². The van der Waals surface area contributed by atoms with E-state index in [1.54, 1.807) is 0 Å². The van der Waals surface area contributed by atoms with E-state index in [1.165, 1.54) is 51.7 Å². The van der Waals surface area contributed by atoms with Gasteiger partial charge in [0.2, 0.25) is 0 Å². The lowest BCUT2D eigenvalue weighted by Gasteiger charge is -2.33. The Morgan fingerprint density at radius 2 is 1.81 bits per heavy atom. The van der Waals surface area contributed by atoms with Crippen LogP contribution in [0.3, 0.4) is 0 Å².